The summed E-state index contributed by atoms with van der Waals surface area (Å²) in [6, 6.07) is 13.7. The number of nitrogens with zero attached hydrogens (tertiary/aromatic N) is 2. The third kappa shape index (κ3) is 6.21. The van der Waals surface area contributed by atoms with Crippen molar-refractivity contribution in [2.24, 2.45) is 0 Å². The molecule has 0 saturated carbocycles. The molecule has 0 N–H and O–H groups in total. The fourth-order valence-electron chi connectivity index (χ4n) is 3.96. The molecule has 190 valence electrons. The first-order chi connectivity index (χ1) is 17.7. The van der Waals surface area contributed by atoms with Gasteiger partial charge in [0.1, 0.15) is 9.86 Å². The van der Waals surface area contributed by atoms with Gasteiger partial charge in [-0.2, -0.15) is 0 Å². The van der Waals surface area contributed by atoms with E-state index < -0.39 is 0 Å². The summed E-state index contributed by atoms with van der Waals surface area (Å²) in [6.45, 7) is 4.67. The number of Topliss-reactive ketones (excluding diaryl/α,β-unsaturated/α-hetero) is 2. The summed E-state index contributed by atoms with van der Waals surface area (Å²) < 4.78 is 6.02. The van der Waals surface area contributed by atoms with Crippen molar-refractivity contribution in [2.45, 2.75) is 42.7 Å². The minimum Gasteiger partial charge on any atom is -0.370 e. The highest BCUT2D eigenvalue weighted by molar-refractivity contribution is 8.00. The van der Waals surface area contributed by atoms with Crippen LogP contribution in [0.5, 0.6) is 0 Å². The van der Waals surface area contributed by atoms with Crippen LogP contribution in [0.3, 0.4) is 0 Å². The first-order valence-electron chi connectivity index (χ1n) is 11.5. The lowest BCUT2D eigenvalue weighted by molar-refractivity contribution is -0.0379. The molecule has 2 aromatic heterocycles. The van der Waals surface area contributed by atoms with Gasteiger partial charge in [-0.3, -0.25) is 9.59 Å². The highest BCUT2D eigenvalue weighted by Gasteiger charge is 2.31. The fourth-order valence-corrected chi connectivity index (χ4v) is 7.19. The number of ether oxygens (including phenoxy) is 1. The van der Waals surface area contributed by atoms with Gasteiger partial charge in [-0.1, -0.05) is 46.7 Å². The van der Waals surface area contributed by atoms with E-state index in [0.29, 0.717) is 32.9 Å². The molecule has 37 heavy (non-hydrogen) atoms. The Balaban J connectivity index is 1.43. The Hall–Kier alpha value is -1.94. The molecule has 2 aromatic carbocycles. The molecule has 5 rings (SSSR count). The van der Waals surface area contributed by atoms with E-state index in [4.69, 9.17) is 37.9 Å². The second-order valence-corrected chi connectivity index (χ2v) is 13.0. The number of thioether (sulfide) groups is 2. The minimum absolute atomic E-state index is 0.00620. The fraction of sp³-hybridized carbons (Fsp3) is 0.259. The van der Waals surface area contributed by atoms with Gasteiger partial charge >= 0.3 is 0 Å². The normalized spacial score (nSPS) is 14.5. The summed E-state index contributed by atoms with van der Waals surface area (Å²) in [5, 5.41) is 3.42. The third-order valence-electron chi connectivity index (χ3n) is 5.88. The Morgan fingerprint density at radius 2 is 1.49 bits per heavy atom. The highest BCUT2D eigenvalue weighted by Crippen LogP contribution is 2.42. The van der Waals surface area contributed by atoms with Gasteiger partial charge in [-0.25, -0.2) is 9.97 Å². The maximum absolute atomic E-state index is 12.9. The van der Waals surface area contributed by atoms with Crippen LogP contribution >= 0.6 is 58.1 Å². The molecule has 0 aliphatic carbocycles. The predicted octanol–water partition coefficient (Wildman–Crippen LogP) is 7.80. The summed E-state index contributed by atoms with van der Waals surface area (Å²) in [5.41, 5.74) is 2.09. The first-order valence-corrected chi connectivity index (χ1v) is 15.0. The lowest BCUT2D eigenvalue weighted by atomic mass is 9.95. The summed E-state index contributed by atoms with van der Waals surface area (Å²) in [5.74, 6) is 0.389. The van der Waals surface area contributed by atoms with Gasteiger partial charge in [0.2, 0.25) is 0 Å². The minimum atomic E-state index is -0.291. The number of aromatic nitrogens is 2. The summed E-state index contributed by atoms with van der Waals surface area (Å²) in [6.07, 6.45) is 0.742. The van der Waals surface area contributed by atoms with Crippen LogP contribution in [0.2, 0.25) is 10.0 Å². The van der Waals surface area contributed by atoms with E-state index in [1.54, 1.807) is 59.9 Å². The molecule has 0 amide bonds. The lowest BCUT2D eigenvalue weighted by Gasteiger charge is -2.30. The van der Waals surface area contributed by atoms with Crippen LogP contribution in [-0.4, -0.2) is 38.6 Å². The van der Waals surface area contributed by atoms with Gasteiger partial charge in [0.15, 0.2) is 16.7 Å². The standard InChI is InChI=1S/C27H22Cl2N2O3S3/c1-27(2)11-19-22(12-34-27)37-25-23(19)24(35-13-20(32)15-3-7-17(28)8-4-15)30-26(31-25)36-14-21(33)16-5-9-18(29)10-6-16/h3-10H,11-14H2,1-2H3. The number of halogens is 2. The molecule has 0 spiro atoms. The van der Waals surface area contributed by atoms with Crippen molar-refractivity contribution in [3.05, 3.63) is 80.1 Å². The average Bonchev–Trinajstić information content (AvgIpc) is 3.23. The van der Waals surface area contributed by atoms with Crippen molar-refractivity contribution < 1.29 is 14.3 Å². The van der Waals surface area contributed by atoms with Gasteiger partial charge in [0, 0.05) is 37.9 Å². The zero-order valence-electron chi connectivity index (χ0n) is 20.0. The molecule has 0 atom stereocenters. The maximum Gasteiger partial charge on any atom is 0.190 e. The average molecular weight is 590 g/mol. The largest absolute Gasteiger partial charge is 0.370 e. The van der Waals surface area contributed by atoms with E-state index in [2.05, 4.69) is 13.8 Å². The van der Waals surface area contributed by atoms with Gasteiger partial charge in [-0.05, 0) is 67.9 Å². The van der Waals surface area contributed by atoms with E-state index in [-0.39, 0.29) is 28.7 Å². The van der Waals surface area contributed by atoms with Crippen molar-refractivity contribution in [1.29, 1.82) is 0 Å². The monoisotopic (exact) mass is 588 g/mol. The molecule has 10 heteroatoms. The van der Waals surface area contributed by atoms with Crippen molar-refractivity contribution in [1.82, 2.24) is 9.97 Å². The molecule has 0 unspecified atom stereocenters. The van der Waals surface area contributed by atoms with E-state index >= 15 is 0 Å². The van der Waals surface area contributed by atoms with Gasteiger partial charge in [0.25, 0.3) is 0 Å². The van der Waals surface area contributed by atoms with Crippen molar-refractivity contribution in [3.8, 4) is 0 Å². The van der Waals surface area contributed by atoms with Crippen LogP contribution in [0.15, 0.2) is 58.7 Å². The molecule has 0 saturated heterocycles. The SMILES string of the molecule is CC1(C)Cc2c(sc3nc(SCC(=O)c4ccc(Cl)cc4)nc(SCC(=O)c4ccc(Cl)cc4)c23)CO1. The van der Waals surface area contributed by atoms with Gasteiger partial charge < -0.3 is 4.74 Å². The molecule has 1 aliphatic heterocycles. The summed E-state index contributed by atoms with van der Waals surface area (Å²) in [7, 11) is 0. The Kier molecular flexibility index (Phi) is 7.96. The molecule has 5 nitrogen and oxygen atoms in total. The van der Waals surface area contributed by atoms with Crippen LogP contribution in [0.1, 0.15) is 45.0 Å². The van der Waals surface area contributed by atoms with Gasteiger partial charge in [0.05, 0.1) is 23.7 Å². The number of fused-ring (bicyclic) bond motifs is 3. The Morgan fingerprint density at radius 1 is 0.919 bits per heavy atom. The Morgan fingerprint density at radius 3 is 2.08 bits per heavy atom. The number of carbonyl (C=O) groups excluding carboxylic acids is 2. The zero-order valence-corrected chi connectivity index (χ0v) is 24.0. The van der Waals surface area contributed by atoms with Crippen molar-refractivity contribution in [3.63, 3.8) is 0 Å². The van der Waals surface area contributed by atoms with Crippen molar-refractivity contribution >= 4 is 79.8 Å². The number of thiophene rings is 1. The van der Waals surface area contributed by atoms with Gasteiger partial charge in [-0.15, -0.1) is 11.3 Å². The number of benzene rings is 2. The maximum atomic E-state index is 12.9. The molecule has 1 aliphatic rings. The summed E-state index contributed by atoms with van der Waals surface area (Å²) >= 11 is 16.2. The first kappa shape index (κ1) is 26.7. The van der Waals surface area contributed by atoms with Crippen LogP contribution in [-0.2, 0) is 17.8 Å². The quantitative estimate of drug-likeness (QED) is 0.0899. The van der Waals surface area contributed by atoms with Crippen LogP contribution in [0.25, 0.3) is 10.2 Å². The molecule has 0 bridgehead atoms. The van der Waals surface area contributed by atoms with E-state index in [1.165, 1.54) is 29.1 Å². The smallest absolute Gasteiger partial charge is 0.190 e. The molecule has 0 fully saturated rings. The number of carbonyl (C=O) groups is 2. The second kappa shape index (κ2) is 11.0. The van der Waals surface area contributed by atoms with Crippen molar-refractivity contribution in [2.75, 3.05) is 11.5 Å². The molecular weight excluding hydrogens is 567 g/mol. The third-order valence-corrected chi connectivity index (χ3v) is 9.31. The number of ketones is 2. The predicted molar refractivity (Wildman–Crippen MR) is 153 cm³/mol. The summed E-state index contributed by atoms with van der Waals surface area (Å²) in [4.78, 5) is 37.2. The second-order valence-electron chi connectivity index (χ2n) is 9.16. The molecular formula is C27H22Cl2N2O3S3. The molecule has 4 aromatic rings. The number of hydrogen-bond acceptors (Lipinski definition) is 8. The van der Waals surface area contributed by atoms with E-state index in [9.17, 15) is 9.59 Å². The van der Waals surface area contributed by atoms with Crippen LogP contribution in [0, 0.1) is 0 Å². The van der Waals surface area contributed by atoms with Crippen LogP contribution < -0.4 is 0 Å². The molecule has 0 radical (unpaired) electrons. The topological polar surface area (TPSA) is 69.2 Å². The highest BCUT2D eigenvalue weighted by atomic mass is 35.5. The Bertz CT molecular complexity index is 1490. The Labute approximate surface area is 237 Å². The van der Waals surface area contributed by atoms with Crippen LogP contribution in [0.4, 0.5) is 0 Å². The lowest BCUT2D eigenvalue weighted by Crippen LogP contribution is -2.31. The number of rotatable bonds is 8. The van der Waals surface area contributed by atoms with E-state index in [0.717, 1.165) is 26.5 Å². The van der Waals surface area contributed by atoms with E-state index in [1.807, 2.05) is 0 Å². The molecule has 3 heterocycles. The zero-order chi connectivity index (χ0) is 26.2. The number of hydrogen-bond donors (Lipinski definition) is 0.